The number of phenols is 2. The summed E-state index contributed by atoms with van der Waals surface area (Å²) in [6, 6.07) is 7.07. The molecular formula is C13H11N3O3. The van der Waals surface area contributed by atoms with Crippen LogP contribution in [0.2, 0.25) is 0 Å². The molecule has 0 aliphatic heterocycles. The summed E-state index contributed by atoms with van der Waals surface area (Å²) in [6.45, 7) is 0. The average molecular weight is 257 g/mol. The van der Waals surface area contributed by atoms with E-state index in [9.17, 15) is 15.0 Å². The first-order valence-corrected chi connectivity index (χ1v) is 5.41. The largest absolute Gasteiger partial charge is 0.508 e. The van der Waals surface area contributed by atoms with E-state index in [0.717, 1.165) is 11.6 Å². The number of hydrazone groups is 1. The summed E-state index contributed by atoms with van der Waals surface area (Å²) in [4.78, 5) is 15.5. The number of carbonyl (C=O) groups excluding carboxylic acids is 1. The van der Waals surface area contributed by atoms with Crippen molar-refractivity contribution in [1.82, 2.24) is 10.4 Å². The molecule has 96 valence electrons. The Balaban J connectivity index is 2.03. The SMILES string of the molecule is O=C(N/N=C/c1ccncc1)c1cc(O)cc(O)c1. The normalized spacial score (nSPS) is 10.5. The minimum Gasteiger partial charge on any atom is -0.508 e. The summed E-state index contributed by atoms with van der Waals surface area (Å²) in [5, 5.41) is 22.3. The molecule has 0 spiro atoms. The van der Waals surface area contributed by atoms with E-state index in [1.807, 2.05) is 0 Å². The predicted molar refractivity (Wildman–Crippen MR) is 69.1 cm³/mol. The van der Waals surface area contributed by atoms with Gasteiger partial charge in [-0.25, -0.2) is 5.43 Å². The fourth-order valence-electron chi connectivity index (χ4n) is 1.41. The van der Waals surface area contributed by atoms with Crippen molar-refractivity contribution in [2.45, 2.75) is 0 Å². The maximum atomic E-state index is 11.7. The highest BCUT2D eigenvalue weighted by molar-refractivity contribution is 5.95. The van der Waals surface area contributed by atoms with Gasteiger partial charge in [-0.1, -0.05) is 0 Å². The van der Waals surface area contributed by atoms with Crippen molar-refractivity contribution < 1.29 is 15.0 Å². The van der Waals surface area contributed by atoms with Gasteiger partial charge >= 0.3 is 0 Å². The van der Waals surface area contributed by atoms with Gasteiger partial charge in [-0.05, 0) is 29.8 Å². The van der Waals surface area contributed by atoms with Crippen molar-refractivity contribution >= 4 is 12.1 Å². The molecule has 6 heteroatoms. The second-order valence-corrected chi connectivity index (χ2v) is 3.72. The Morgan fingerprint density at radius 1 is 1.16 bits per heavy atom. The Kier molecular flexibility index (Phi) is 3.72. The van der Waals surface area contributed by atoms with Crippen molar-refractivity contribution in [1.29, 1.82) is 0 Å². The van der Waals surface area contributed by atoms with Crippen LogP contribution >= 0.6 is 0 Å². The summed E-state index contributed by atoms with van der Waals surface area (Å²) < 4.78 is 0. The minimum absolute atomic E-state index is 0.115. The van der Waals surface area contributed by atoms with Crippen LogP contribution in [0.25, 0.3) is 0 Å². The molecular weight excluding hydrogens is 246 g/mol. The zero-order chi connectivity index (χ0) is 13.7. The lowest BCUT2D eigenvalue weighted by Crippen LogP contribution is -2.17. The van der Waals surface area contributed by atoms with Gasteiger partial charge in [-0.3, -0.25) is 9.78 Å². The van der Waals surface area contributed by atoms with Crippen molar-refractivity contribution in [3.05, 3.63) is 53.9 Å². The molecule has 3 N–H and O–H groups in total. The molecule has 0 aliphatic carbocycles. The van der Waals surface area contributed by atoms with Gasteiger partial charge in [-0.2, -0.15) is 5.10 Å². The summed E-state index contributed by atoms with van der Waals surface area (Å²) in [5.74, 6) is -0.914. The number of nitrogens with zero attached hydrogens (tertiary/aromatic N) is 2. The summed E-state index contributed by atoms with van der Waals surface area (Å²) >= 11 is 0. The Labute approximate surface area is 109 Å². The molecule has 0 fully saturated rings. The second kappa shape index (κ2) is 5.63. The highest BCUT2D eigenvalue weighted by Gasteiger charge is 2.07. The third kappa shape index (κ3) is 3.53. The van der Waals surface area contributed by atoms with Crippen LogP contribution in [0.3, 0.4) is 0 Å². The van der Waals surface area contributed by atoms with E-state index in [0.29, 0.717) is 0 Å². The highest BCUT2D eigenvalue weighted by Crippen LogP contribution is 2.20. The van der Waals surface area contributed by atoms with Gasteiger partial charge in [0.05, 0.1) is 6.21 Å². The van der Waals surface area contributed by atoms with Gasteiger partial charge in [0, 0.05) is 24.0 Å². The number of aromatic hydroxyl groups is 2. The number of benzene rings is 1. The molecule has 1 aromatic carbocycles. The van der Waals surface area contributed by atoms with E-state index in [-0.39, 0.29) is 17.1 Å². The van der Waals surface area contributed by atoms with Crippen LogP contribution in [0.1, 0.15) is 15.9 Å². The van der Waals surface area contributed by atoms with Crippen molar-refractivity contribution in [3.8, 4) is 11.5 Å². The maximum Gasteiger partial charge on any atom is 0.271 e. The third-order valence-electron chi connectivity index (χ3n) is 2.25. The first-order chi connectivity index (χ1) is 9.15. The number of amides is 1. The van der Waals surface area contributed by atoms with E-state index in [4.69, 9.17) is 0 Å². The van der Waals surface area contributed by atoms with Gasteiger partial charge in [0.25, 0.3) is 5.91 Å². The van der Waals surface area contributed by atoms with E-state index in [1.165, 1.54) is 18.3 Å². The fraction of sp³-hybridized carbons (Fsp3) is 0. The lowest BCUT2D eigenvalue weighted by atomic mass is 10.2. The van der Waals surface area contributed by atoms with Crippen LogP contribution in [-0.2, 0) is 0 Å². The molecule has 0 atom stereocenters. The van der Waals surface area contributed by atoms with Gasteiger partial charge in [0.15, 0.2) is 0 Å². The number of hydrogen-bond donors (Lipinski definition) is 3. The Hall–Kier alpha value is -2.89. The average Bonchev–Trinajstić information content (AvgIpc) is 2.38. The molecule has 6 nitrogen and oxygen atoms in total. The topological polar surface area (TPSA) is 94.8 Å². The number of phenolic OH excluding ortho intramolecular Hbond substituents is 2. The molecule has 0 aliphatic rings. The predicted octanol–water partition coefficient (Wildman–Crippen LogP) is 1.26. The molecule has 0 bridgehead atoms. The number of carbonyl (C=O) groups is 1. The smallest absolute Gasteiger partial charge is 0.271 e. The van der Waals surface area contributed by atoms with E-state index < -0.39 is 5.91 Å². The fourth-order valence-corrected chi connectivity index (χ4v) is 1.41. The van der Waals surface area contributed by atoms with Crippen molar-refractivity contribution in [2.75, 3.05) is 0 Å². The standard InChI is InChI=1S/C13H11N3O3/c17-11-5-10(6-12(18)7-11)13(19)16-15-8-9-1-3-14-4-2-9/h1-8,17-18H,(H,16,19)/b15-8+. The lowest BCUT2D eigenvalue weighted by molar-refractivity contribution is 0.0954. The van der Waals surface area contributed by atoms with Crippen LogP contribution in [-0.4, -0.2) is 27.3 Å². The van der Waals surface area contributed by atoms with E-state index in [2.05, 4.69) is 15.5 Å². The molecule has 0 unspecified atom stereocenters. The van der Waals surface area contributed by atoms with E-state index in [1.54, 1.807) is 24.5 Å². The first-order valence-electron chi connectivity index (χ1n) is 5.41. The van der Waals surface area contributed by atoms with Crippen molar-refractivity contribution in [2.24, 2.45) is 5.10 Å². The van der Waals surface area contributed by atoms with Crippen LogP contribution in [0.4, 0.5) is 0 Å². The maximum absolute atomic E-state index is 11.7. The van der Waals surface area contributed by atoms with Crippen LogP contribution in [0.5, 0.6) is 11.5 Å². The molecule has 0 saturated heterocycles. The Morgan fingerprint density at radius 2 is 1.79 bits per heavy atom. The van der Waals surface area contributed by atoms with Gasteiger partial charge < -0.3 is 10.2 Å². The molecule has 1 aromatic heterocycles. The molecule has 19 heavy (non-hydrogen) atoms. The monoisotopic (exact) mass is 257 g/mol. The molecule has 0 saturated carbocycles. The van der Waals surface area contributed by atoms with Gasteiger partial charge in [-0.15, -0.1) is 0 Å². The third-order valence-corrected chi connectivity index (χ3v) is 2.25. The first kappa shape index (κ1) is 12.6. The number of pyridine rings is 1. The van der Waals surface area contributed by atoms with Crippen molar-refractivity contribution in [3.63, 3.8) is 0 Å². The van der Waals surface area contributed by atoms with Crippen LogP contribution in [0, 0.1) is 0 Å². The molecule has 2 rings (SSSR count). The molecule has 0 radical (unpaired) electrons. The number of hydrogen-bond acceptors (Lipinski definition) is 5. The molecule has 1 amide bonds. The minimum atomic E-state index is -0.531. The molecule has 2 aromatic rings. The van der Waals surface area contributed by atoms with E-state index >= 15 is 0 Å². The zero-order valence-electron chi connectivity index (χ0n) is 9.82. The number of nitrogens with one attached hydrogen (secondary N) is 1. The summed E-state index contributed by atoms with van der Waals surface area (Å²) in [5.41, 5.74) is 3.19. The van der Waals surface area contributed by atoms with Gasteiger partial charge in [0.2, 0.25) is 0 Å². The molecule has 1 heterocycles. The lowest BCUT2D eigenvalue weighted by Gasteiger charge is -2.01. The van der Waals surface area contributed by atoms with Gasteiger partial charge in [0.1, 0.15) is 11.5 Å². The van der Waals surface area contributed by atoms with Crippen LogP contribution in [0.15, 0.2) is 47.8 Å². The highest BCUT2D eigenvalue weighted by atomic mass is 16.3. The summed E-state index contributed by atoms with van der Waals surface area (Å²) in [7, 11) is 0. The second-order valence-electron chi connectivity index (χ2n) is 3.72. The Morgan fingerprint density at radius 3 is 2.42 bits per heavy atom. The number of rotatable bonds is 3. The zero-order valence-corrected chi connectivity index (χ0v) is 9.82. The van der Waals surface area contributed by atoms with Crippen LogP contribution < -0.4 is 5.43 Å². The Bertz CT molecular complexity index is 592. The quantitative estimate of drug-likeness (QED) is 0.569. The summed E-state index contributed by atoms with van der Waals surface area (Å²) in [6.07, 6.45) is 4.68. The number of aromatic nitrogens is 1.